The molecule has 2 heterocycles. The van der Waals surface area contributed by atoms with Gasteiger partial charge in [-0.15, -0.1) is 22.7 Å². The van der Waals surface area contributed by atoms with Crippen molar-refractivity contribution >= 4 is 108 Å². The molecule has 0 saturated heterocycles. The van der Waals surface area contributed by atoms with Crippen molar-refractivity contribution in [2.45, 2.75) is 38.5 Å². The standard InChI is InChI=1S/C52H38N2S2/c1-5-15-33(16-6-1)53(34-17-7-2-8-18-34)37-27-29-39-45(31-37)55-51-43-25-14-24-42-48(43)47-41(49(39)51)23-13-26-44(47)52-50(42)40-30-28-38(32-46(40)56-52)54(35-19-9-3-10-20-35)36-21-11-4-12-22-36/h1-12,15-22,27-32H,13-14,23-26H2. The number of thiophene rings is 2. The quantitative estimate of drug-likeness (QED) is 0.167. The molecule has 56 heavy (non-hydrogen) atoms. The van der Waals surface area contributed by atoms with E-state index in [1.165, 1.54) is 87.3 Å². The average Bonchev–Trinajstić information content (AvgIpc) is 3.84. The average molecular weight is 755 g/mol. The van der Waals surface area contributed by atoms with Crippen molar-refractivity contribution in [1.29, 1.82) is 0 Å². The number of para-hydroxylation sites is 4. The van der Waals surface area contributed by atoms with Gasteiger partial charge in [0.05, 0.1) is 0 Å². The summed E-state index contributed by atoms with van der Waals surface area (Å²) >= 11 is 4.07. The molecular weight excluding hydrogens is 717 g/mol. The molecule has 2 nitrogen and oxygen atoms in total. The van der Waals surface area contributed by atoms with Crippen LogP contribution in [0, 0.1) is 0 Å². The van der Waals surface area contributed by atoms with Crippen molar-refractivity contribution in [3.8, 4) is 0 Å². The van der Waals surface area contributed by atoms with Crippen LogP contribution in [-0.2, 0) is 25.7 Å². The molecule has 0 fully saturated rings. The van der Waals surface area contributed by atoms with Crippen LogP contribution in [-0.4, -0.2) is 0 Å². The lowest BCUT2D eigenvalue weighted by Gasteiger charge is -2.27. The van der Waals surface area contributed by atoms with E-state index < -0.39 is 0 Å². The first kappa shape index (κ1) is 32.3. The molecule has 4 heteroatoms. The minimum absolute atomic E-state index is 1.15. The first-order valence-corrected chi connectivity index (χ1v) is 21.6. The number of aryl methyl sites for hydroxylation is 4. The lowest BCUT2D eigenvalue weighted by Crippen LogP contribution is -2.10. The Morgan fingerprint density at radius 3 is 1.02 bits per heavy atom. The third-order valence-corrected chi connectivity index (χ3v) is 14.7. The van der Waals surface area contributed by atoms with E-state index in [0.29, 0.717) is 0 Å². The number of nitrogens with zero attached hydrogens (tertiary/aromatic N) is 2. The first-order valence-electron chi connectivity index (χ1n) is 19.9. The normalized spacial score (nSPS) is 13.6. The Kier molecular flexibility index (Phi) is 7.39. The minimum atomic E-state index is 1.15. The third kappa shape index (κ3) is 4.86. The summed E-state index contributed by atoms with van der Waals surface area (Å²) in [5, 5.41) is 9.10. The zero-order chi connectivity index (χ0) is 36.7. The topological polar surface area (TPSA) is 6.48 Å². The monoisotopic (exact) mass is 754 g/mol. The molecule has 0 amide bonds. The van der Waals surface area contributed by atoms with E-state index in [0.717, 1.165) is 25.7 Å². The molecule has 10 aromatic rings. The molecule has 8 aromatic carbocycles. The summed E-state index contributed by atoms with van der Waals surface area (Å²) in [5.41, 5.74) is 13.5. The van der Waals surface area contributed by atoms with E-state index in [1.807, 2.05) is 22.7 Å². The van der Waals surface area contributed by atoms with Crippen molar-refractivity contribution in [2.24, 2.45) is 0 Å². The molecule has 0 aliphatic heterocycles. The number of rotatable bonds is 6. The highest BCUT2D eigenvalue weighted by Crippen LogP contribution is 2.54. The van der Waals surface area contributed by atoms with Crippen LogP contribution in [0.3, 0.4) is 0 Å². The van der Waals surface area contributed by atoms with Gasteiger partial charge in [-0.1, -0.05) is 84.9 Å². The summed E-state index contributed by atoms with van der Waals surface area (Å²) < 4.78 is 5.83. The van der Waals surface area contributed by atoms with Gasteiger partial charge >= 0.3 is 0 Å². The van der Waals surface area contributed by atoms with Gasteiger partial charge in [0.25, 0.3) is 0 Å². The van der Waals surface area contributed by atoms with Crippen LogP contribution in [0.15, 0.2) is 158 Å². The summed E-state index contributed by atoms with van der Waals surface area (Å²) in [4.78, 5) is 4.79. The zero-order valence-electron chi connectivity index (χ0n) is 31.0. The molecule has 2 aromatic heterocycles. The van der Waals surface area contributed by atoms with E-state index in [-0.39, 0.29) is 0 Å². The van der Waals surface area contributed by atoms with Gasteiger partial charge in [0.2, 0.25) is 0 Å². The van der Waals surface area contributed by atoms with Gasteiger partial charge in [-0.3, -0.25) is 0 Å². The van der Waals surface area contributed by atoms with Crippen LogP contribution in [0.4, 0.5) is 34.1 Å². The third-order valence-electron chi connectivity index (χ3n) is 12.2. The second-order valence-corrected chi connectivity index (χ2v) is 17.5. The Labute approximate surface area is 334 Å². The lowest BCUT2D eigenvalue weighted by molar-refractivity contribution is 0.803. The van der Waals surface area contributed by atoms with E-state index in [9.17, 15) is 0 Å². The molecule has 0 N–H and O–H groups in total. The minimum Gasteiger partial charge on any atom is -0.310 e. The fraction of sp³-hybridized carbons (Fsp3) is 0.115. The molecule has 0 spiro atoms. The van der Waals surface area contributed by atoms with Crippen molar-refractivity contribution in [3.05, 3.63) is 180 Å². The second kappa shape index (κ2) is 12.8. The highest BCUT2D eigenvalue weighted by Gasteiger charge is 2.30. The van der Waals surface area contributed by atoms with Gasteiger partial charge in [0, 0.05) is 74.5 Å². The Bertz CT molecular complexity index is 2840. The summed E-state index contributed by atoms with van der Waals surface area (Å²) in [6.45, 7) is 0. The predicted octanol–water partition coefficient (Wildman–Crippen LogP) is 15.5. The lowest BCUT2D eigenvalue weighted by atomic mass is 9.77. The summed E-state index contributed by atoms with van der Waals surface area (Å²) in [5.74, 6) is 0. The highest BCUT2D eigenvalue weighted by atomic mass is 32.1. The number of fused-ring (bicyclic) bond motifs is 10. The maximum atomic E-state index is 2.45. The van der Waals surface area contributed by atoms with Crippen LogP contribution >= 0.6 is 22.7 Å². The fourth-order valence-electron chi connectivity index (χ4n) is 9.98. The summed E-state index contributed by atoms with van der Waals surface area (Å²) in [6, 6.07) is 57.7. The van der Waals surface area contributed by atoms with E-state index in [1.54, 1.807) is 33.0 Å². The largest absolute Gasteiger partial charge is 0.310 e. The molecule has 0 unspecified atom stereocenters. The van der Waals surface area contributed by atoms with Gasteiger partial charge in [0.1, 0.15) is 0 Å². The molecule has 2 aliphatic carbocycles. The number of benzene rings is 8. The summed E-state index contributed by atoms with van der Waals surface area (Å²) in [6.07, 6.45) is 7.01. The molecule has 0 bridgehead atoms. The van der Waals surface area contributed by atoms with E-state index in [4.69, 9.17) is 0 Å². The van der Waals surface area contributed by atoms with Gasteiger partial charge < -0.3 is 9.80 Å². The molecule has 0 saturated carbocycles. The summed E-state index contributed by atoms with van der Waals surface area (Å²) in [7, 11) is 0. The Morgan fingerprint density at radius 2 is 0.661 bits per heavy atom. The van der Waals surface area contributed by atoms with Gasteiger partial charge in [-0.25, -0.2) is 0 Å². The maximum absolute atomic E-state index is 2.45. The van der Waals surface area contributed by atoms with Gasteiger partial charge in [-0.2, -0.15) is 0 Å². The van der Waals surface area contributed by atoms with Gasteiger partial charge in [-0.05, 0) is 144 Å². The Hall–Kier alpha value is -5.94. The molecule has 2 aliphatic rings. The first-order chi connectivity index (χ1) is 27.8. The van der Waals surface area contributed by atoms with Crippen molar-refractivity contribution in [2.75, 3.05) is 9.80 Å². The van der Waals surface area contributed by atoms with Crippen LogP contribution in [0.25, 0.3) is 51.1 Å². The van der Waals surface area contributed by atoms with Crippen LogP contribution < -0.4 is 9.80 Å². The van der Waals surface area contributed by atoms with Crippen molar-refractivity contribution in [3.63, 3.8) is 0 Å². The predicted molar refractivity (Wildman–Crippen MR) is 243 cm³/mol. The zero-order valence-corrected chi connectivity index (χ0v) is 32.6. The van der Waals surface area contributed by atoms with Crippen molar-refractivity contribution < 1.29 is 0 Å². The SMILES string of the molecule is c1ccc(N(c2ccccc2)c2ccc3c(c2)sc2c4c5c(c6c(sc7cc(N(c8ccccc8)c8ccccc8)ccc76)c6c5c(c23)CCC6)CCC4)cc1. The second-order valence-electron chi connectivity index (χ2n) is 15.4. The van der Waals surface area contributed by atoms with E-state index in [2.05, 4.69) is 168 Å². The van der Waals surface area contributed by atoms with Crippen molar-refractivity contribution in [1.82, 2.24) is 0 Å². The maximum Gasteiger partial charge on any atom is 0.0476 e. The molecule has 268 valence electrons. The van der Waals surface area contributed by atoms with Crippen LogP contribution in [0.5, 0.6) is 0 Å². The van der Waals surface area contributed by atoms with Crippen LogP contribution in [0.2, 0.25) is 0 Å². The molecule has 12 rings (SSSR count). The van der Waals surface area contributed by atoms with Gasteiger partial charge in [0.15, 0.2) is 0 Å². The van der Waals surface area contributed by atoms with E-state index >= 15 is 0 Å². The number of hydrogen-bond acceptors (Lipinski definition) is 4. The molecule has 0 atom stereocenters. The molecular formula is C52H38N2S2. The fourth-order valence-corrected chi connectivity index (χ4v) is 12.7. The molecule has 0 radical (unpaired) electrons. The Balaban J connectivity index is 1.08. The Morgan fingerprint density at radius 1 is 0.321 bits per heavy atom. The number of hydrogen-bond donors (Lipinski definition) is 0. The number of anilines is 6. The smallest absolute Gasteiger partial charge is 0.0476 e. The van der Waals surface area contributed by atoms with Crippen LogP contribution in [0.1, 0.15) is 35.1 Å². The highest BCUT2D eigenvalue weighted by molar-refractivity contribution is 7.26.